The number of carboxylic acid groups (broad SMARTS) is 2. The fourth-order valence-electron chi connectivity index (χ4n) is 4.31. The Morgan fingerprint density at radius 3 is 2.21 bits per heavy atom. The average Bonchev–Trinajstić information content (AvgIpc) is 3.42. The predicted molar refractivity (Wildman–Crippen MR) is 146 cm³/mol. The van der Waals surface area contributed by atoms with Crippen molar-refractivity contribution in [2.75, 3.05) is 6.54 Å². The van der Waals surface area contributed by atoms with Crippen molar-refractivity contribution >= 4 is 23.8 Å². The Morgan fingerprint density at radius 1 is 1.07 bits per heavy atom. The normalized spacial score (nSPS) is 16.1. The van der Waals surface area contributed by atoms with Gasteiger partial charge in [0.05, 0.1) is 0 Å². The number of halogens is 4. The van der Waals surface area contributed by atoms with Crippen LogP contribution in [0.2, 0.25) is 0 Å². The summed E-state index contributed by atoms with van der Waals surface area (Å²) in [7, 11) is 0. The Hall–Kier alpha value is -4.20. The van der Waals surface area contributed by atoms with E-state index >= 15 is 0 Å². The van der Waals surface area contributed by atoms with E-state index in [-0.39, 0.29) is 42.9 Å². The van der Waals surface area contributed by atoms with Crippen LogP contribution in [0.4, 0.5) is 17.6 Å². The van der Waals surface area contributed by atoms with Crippen LogP contribution in [0, 0.1) is 11.7 Å². The zero-order valence-corrected chi connectivity index (χ0v) is 23.6. The Kier molecular flexibility index (Phi) is 12.9. The minimum absolute atomic E-state index is 0.0350. The summed E-state index contributed by atoms with van der Waals surface area (Å²) in [6, 6.07) is 12.1. The van der Waals surface area contributed by atoms with Gasteiger partial charge in [-0.3, -0.25) is 9.59 Å². The van der Waals surface area contributed by atoms with Crippen molar-refractivity contribution in [1.82, 2.24) is 10.2 Å². The number of nitrogens with two attached hydrogens (primary N) is 1. The summed E-state index contributed by atoms with van der Waals surface area (Å²) in [5.41, 5.74) is 7.40. The van der Waals surface area contributed by atoms with Gasteiger partial charge in [-0.05, 0) is 48.6 Å². The van der Waals surface area contributed by atoms with Crippen LogP contribution < -0.4 is 15.8 Å². The molecule has 5 N–H and O–H groups in total. The molecular weight excluding hydrogens is 578 g/mol. The minimum Gasteiger partial charge on any atom is -0.478 e. The van der Waals surface area contributed by atoms with Gasteiger partial charge in [-0.15, -0.1) is 0 Å². The maximum Gasteiger partial charge on any atom is 0.490 e. The number of hydrogen-bond acceptors (Lipinski definition) is 6. The van der Waals surface area contributed by atoms with E-state index in [4.69, 9.17) is 20.4 Å². The molecule has 3 rings (SSSR count). The van der Waals surface area contributed by atoms with Crippen molar-refractivity contribution in [3.8, 4) is 5.75 Å². The molecule has 10 nitrogen and oxygen atoms in total. The number of rotatable bonds is 11. The van der Waals surface area contributed by atoms with Crippen LogP contribution in [0.25, 0.3) is 0 Å². The van der Waals surface area contributed by atoms with E-state index in [1.165, 1.54) is 6.07 Å². The number of carboxylic acids is 2. The van der Waals surface area contributed by atoms with Crippen molar-refractivity contribution in [2.24, 2.45) is 11.7 Å². The lowest BCUT2D eigenvalue weighted by atomic mass is 10.0. The van der Waals surface area contributed by atoms with Crippen molar-refractivity contribution in [2.45, 2.75) is 70.4 Å². The molecule has 0 radical (unpaired) electrons. The molecule has 2 aromatic carbocycles. The minimum atomic E-state index is -5.08. The van der Waals surface area contributed by atoms with Gasteiger partial charge >= 0.3 is 18.1 Å². The zero-order valence-electron chi connectivity index (χ0n) is 23.6. The predicted octanol–water partition coefficient (Wildman–Crippen LogP) is 3.51. The van der Waals surface area contributed by atoms with E-state index in [0.717, 1.165) is 12.0 Å². The summed E-state index contributed by atoms with van der Waals surface area (Å²) in [4.78, 5) is 47.5. The van der Waals surface area contributed by atoms with E-state index in [1.807, 2.05) is 0 Å². The first kappa shape index (κ1) is 35.0. The lowest BCUT2D eigenvalue weighted by Crippen LogP contribution is -2.47. The molecule has 0 bridgehead atoms. The number of aliphatic carboxylic acids is 2. The smallest absolute Gasteiger partial charge is 0.478 e. The molecule has 1 heterocycles. The maximum atomic E-state index is 13.9. The van der Waals surface area contributed by atoms with Crippen molar-refractivity contribution < 1.29 is 51.7 Å². The highest BCUT2D eigenvalue weighted by Gasteiger charge is 2.38. The fourth-order valence-corrected chi connectivity index (χ4v) is 4.31. The third kappa shape index (κ3) is 11.2. The van der Waals surface area contributed by atoms with E-state index < -0.39 is 36.3 Å². The highest BCUT2D eigenvalue weighted by atomic mass is 19.4. The van der Waals surface area contributed by atoms with Gasteiger partial charge in [0.2, 0.25) is 11.8 Å². The number of amides is 2. The van der Waals surface area contributed by atoms with Crippen LogP contribution in [0.15, 0.2) is 48.5 Å². The molecule has 1 fully saturated rings. The van der Waals surface area contributed by atoms with Gasteiger partial charge in [0.15, 0.2) is 6.10 Å². The molecule has 1 aliphatic heterocycles. The monoisotopic (exact) mass is 613 g/mol. The van der Waals surface area contributed by atoms with Crippen LogP contribution in [0.3, 0.4) is 0 Å². The summed E-state index contributed by atoms with van der Waals surface area (Å²) < 4.78 is 51.2. The molecule has 1 saturated heterocycles. The lowest BCUT2D eigenvalue weighted by Gasteiger charge is -2.25. The zero-order chi connectivity index (χ0) is 32.3. The maximum absolute atomic E-state index is 13.9. The number of ether oxygens (including phenoxy) is 1. The first-order valence-electron chi connectivity index (χ1n) is 13.4. The van der Waals surface area contributed by atoms with Crippen LogP contribution in [-0.4, -0.2) is 69.8 Å². The Balaban J connectivity index is 0.000000821. The molecule has 2 amide bonds. The highest BCUT2D eigenvalue weighted by molar-refractivity contribution is 5.88. The molecule has 1 aliphatic rings. The number of nitrogens with one attached hydrogen (secondary N) is 1. The molecule has 2 aromatic rings. The molecule has 0 aliphatic carbocycles. The van der Waals surface area contributed by atoms with E-state index in [1.54, 1.807) is 61.2 Å². The fraction of sp³-hybridized carbons (Fsp3) is 0.448. The molecule has 43 heavy (non-hydrogen) atoms. The molecular formula is C29H35F4N3O7. The molecule has 0 aromatic heterocycles. The molecule has 0 saturated carbocycles. The number of carbonyl (C=O) groups is 4. The van der Waals surface area contributed by atoms with Gasteiger partial charge in [-0.2, -0.15) is 13.2 Å². The Bertz CT molecular complexity index is 1260. The first-order chi connectivity index (χ1) is 20.1. The lowest BCUT2D eigenvalue weighted by molar-refractivity contribution is -0.192. The highest BCUT2D eigenvalue weighted by Crippen LogP contribution is 2.21. The van der Waals surface area contributed by atoms with Gasteiger partial charge in [-0.1, -0.05) is 44.2 Å². The number of likely N-dealkylation sites (tertiary alicyclic amines) is 1. The second-order valence-electron chi connectivity index (χ2n) is 10.3. The SMILES string of the molecule is CC(C)[C@H](Oc1ccc(CNC(=O)[C@@H]2CCCN2C(=O)CC(N)Cc2ccccc2F)cc1)C(=O)O.O=C(O)C(F)(F)F. The van der Waals surface area contributed by atoms with E-state index in [2.05, 4.69) is 5.32 Å². The second-order valence-corrected chi connectivity index (χ2v) is 10.3. The third-order valence-electron chi connectivity index (χ3n) is 6.50. The van der Waals surface area contributed by atoms with Gasteiger partial charge < -0.3 is 30.9 Å². The molecule has 0 spiro atoms. The van der Waals surface area contributed by atoms with Crippen molar-refractivity contribution in [1.29, 1.82) is 0 Å². The van der Waals surface area contributed by atoms with Crippen molar-refractivity contribution in [3.63, 3.8) is 0 Å². The van der Waals surface area contributed by atoms with Gasteiger partial charge in [-0.25, -0.2) is 14.0 Å². The number of benzene rings is 2. The number of carbonyl (C=O) groups excluding carboxylic acids is 2. The quantitative estimate of drug-likeness (QED) is 0.280. The largest absolute Gasteiger partial charge is 0.490 e. The molecule has 236 valence electrons. The number of nitrogens with zero attached hydrogens (tertiary/aromatic N) is 1. The van der Waals surface area contributed by atoms with Crippen molar-refractivity contribution in [3.05, 3.63) is 65.5 Å². The number of hydrogen-bond donors (Lipinski definition) is 4. The van der Waals surface area contributed by atoms with Gasteiger partial charge in [0.25, 0.3) is 0 Å². The van der Waals surface area contributed by atoms with Gasteiger partial charge in [0, 0.05) is 31.5 Å². The van der Waals surface area contributed by atoms with Crippen LogP contribution in [0.5, 0.6) is 5.75 Å². The first-order valence-corrected chi connectivity index (χ1v) is 13.4. The summed E-state index contributed by atoms with van der Waals surface area (Å²) >= 11 is 0. The van der Waals surface area contributed by atoms with Crippen LogP contribution in [-0.2, 0) is 32.1 Å². The molecule has 1 unspecified atom stereocenters. The summed E-state index contributed by atoms with van der Waals surface area (Å²) in [5, 5.41) is 19.3. The van der Waals surface area contributed by atoms with E-state index in [0.29, 0.717) is 24.3 Å². The second kappa shape index (κ2) is 15.9. The molecule has 3 atom stereocenters. The Labute approximate surface area is 245 Å². The third-order valence-corrected chi connectivity index (χ3v) is 6.50. The van der Waals surface area contributed by atoms with Crippen LogP contribution in [0.1, 0.15) is 44.2 Å². The number of alkyl halides is 3. The van der Waals surface area contributed by atoms with Gasteiger partial charge in [0.1, 0.15) is 17.6 Å². The summed E-state index contributed by atoms with van der Waals surface area (Å²) in [5.74, 6) is -4.33. The standard InChI is InChI=1S/C27H34FN3O5.C2HF3O2/c1-17(2)25(27(34)35)36-21-11-9-18(10-12-21)16-30-26(33)23-8-5-13-31(23)24(32)15-20(29)14-19-6-3-4-7-22(19)28;3-2(4,5)1(6)7/h3-4,6-7,9-12,17,20,23,25H,5,8,13-16,29H2,1-2H3,(H,30,33)(H,34,35);(H,6,7)/t20?,23-,25-;/m0./s1. The average molecular weight is 614 g/mol. The summed E-state index contributed by atoms with van der Waals surface area (Å²) in [6.07, 6.45) is -4.46. The summed E-state index contributed by atoms with van der Waals surface area (Å²) in [6.45, 7) is 4.29. The Morgan fingerprint density at radius 2 is 1.67 bits per heavy atom. The molecule has 14 heteroatoms. The van der Waals surface area contributed by atoms with Crippen LogP contribution >= 0.6 is 0 Å². The topological polar surface area (TPSA) is 159 Å². The van der Waals surface area contributed by atoms with E-state index in [9.17, 15) is 37.1 Å².